The van der Waals surface area contributed by atoms with Crippen molar-refractivity contribution in [3.05, 3.63) is 73.7 Å². The van der Waals surface area contributed by atoms with Crippen molar-refractivity contribution in [3.8, 4) is 11.5 Å². The molecule has 0 fully saturated rings. The van der Waals surface area contributed by atoms with E-state index >= 15 is 0 Å². The molecule has 1 aliphatic rings. The van der Waals surface area contributed by atoms with E-state index in [-0.39, 0.29) is 33.3 Å². The summed E-state index contributed by atoms with van der Waals surface area (Å²) in [5, 5.41) is -0.0219. The number of carbonyl (C=O) groups is 2. The van der Waals surface area contributed by atoms with Crippen molar-refractivity contribution in [2.75, 3.05) is 13.4 Å². The Labute approximate surface area is 198 Å². The Morgan fingerprint density at radius 3 is 2.62 bits per heavy atom. The zero-order valence-corrected chi connectivity index (χ0v) is 19.3. The highest BCUT2D eigenvalue weighted by Crippen LogP contribution is 2.33. The molecule has 166 valence electrons. The monoisotopic (exact) mass is 494 g/mol. The number of ketones is 1. The number of rotatable bonds is 6. The molecule has 7 nitrogen and oxygen atoms in total. The molecule has 0 atom stereocenters. The van der Waals surface area contributed by atoms with Gasteiger partial charge in [0.1, 0.15) is 0 Å². The largest absolute Gasteiger partial charge is 0.454 e. The Hall–Kier alpha value is -2.74. The second-order valence-corrected chi connectivity index (χ2v) is 8.30. The molecule has 10 heteroatoms. The van der Waals surface area contributed by atoms with Gasteiger partial charge in [0.2, 0.25) is 12.6 Å². The lowest BCUT2D eigenvalue weighted by molar-refractivity contribution is 0.0469. The van der Waals surface area contributed by atoms with Crippen molar-refractivity contribution < 1.29 is 23.8 Å². The Kier molecular flexibility index (Phi) is 6.33. The minimum absolute atomic E-state index is 0.00586. The van der Waals surface area contributed by atoms with Crippen LogP contribution >= 0.6 is 34.8 Å². The number of ether oxygens (including phenoxy) is 3. The van der Waals surface area contributed by atoms with E-state index in [9.17, 15) is 9.59 Å². The number of hydrogen-bond donors (Lipinski definition) is 0. The van der Waals surface area contributed by atoms with Crippen LogP contribution in [0.4, 0.5) is 0 Å². The van der Waals surface area contributed by atoms with Gasteiger partial charge in [0.25, 0.3) is 0 Å². The highest BCUT2D eigenvalue weighted by Gasteiger charge is 2.22. The quantitative estimate of drug-likeness (QED) is 0.342. The summed E-state index contributed by atoms with van der Waals surface area (Å²) in [6.45, 7) is 4.03. The summed E-state index contributed by atoms with van der Waals surface area (Å²) < 4.78 is 17.9. The fraction of sp³-hybridized carbons (Fsp3) is 0.227. The maximum atomic E-state index is 12.8. The maximum absolute atomic E-state index is 12.8. The van der Waals surface area contributed by atoms with Gasteiger partial charge in [0.05, 0.1) is 15.1 Å². The standard InChI is InChI=1S/C22H17Cl3N2O5/c1-11-5-14(12(2)27(11)8-13-3-4-17-18(6-13)32-10-31-17)16(28)9-30-22(29)21-20(25)19(24)15(23)7-26-21/h3-7H,8-10H2,1-2H3. The smallest absolute Gasteiger partial charge is 0.358 e. The predicted molar refractivity (Wildman–Crippen MR) is 119 cm³/mol. The number of aryl methyl sites for hydroxylation is 1. The Morgan fingerprint density at radius 1 is 1.09 bits per heavy atom. The molecular weight excluding hydrogens is 479 g/mol. The first-order chi connectivity index (χ1) is 15.3. The van der Waals surface area contributed by atoms with Crippen molar-refractivity contribution >= 4 is 46.6 Å². The summed E-state index contributed by atoms with van der Waals surface area (Å²) in [5.74, 6) is 0.197. The van der Waals surface area contributed by atoms with Crippen molar-refractivity contribution in [2.24, 2.45) is 0 Å². The summed E-state index contributed by atoms with van der Waals surface area (Å²) in [6.07, 6.45) is 1.19. The molecule has 3 aromatic rings. The van der Waals surface area contributed by atoms with Gasteiger partial charge in [0.15, 0.2) is 23.8 Å². The third-order valence-electron chi connectivity index (χ3n) is 5.10. The number of hydrogen-bond acceptors (Lipinski definition) is 6. The molecular formula is C22H17Cl3N2O5. The van der Waals surface area contributed by atoms with Crippen LogP contribution in [0.1, 0.15) is 37.8 Å². The molecule has 0 bridgehead atoms. The second-order valence-electron chi connectivity index (χ2n) is 7.14. The number of Topliss-reactive ketones (excluding diaryl/α,β-unsaturated/α-hetero) is 1. The third-order valence-corrected chi connectivity index (χ3v) is 6.34. The lowest BCUT2D eigenvalue weighted by atomic mass is 10.1. The normalized spacial score (nSPS) is 12.2. The van der Waals surface area contributed by atoms with Crippen LogP contribution in [0.15, 0.2) is 30.5 Å². The van der Waals surface area contributed by atoms with E-state index in [1.807, 2.05) is 36.6 Å². The number of carbonyl (C=O) groups excluding carboxylic acids is 2. The van der Waals surface area contributed by atoms with Gasteiger partial charge in [-0.1, -0.05) is 40.9 Å². The summed E-state index contributed by atoms with van der Waals surface area (Å²) in [5.41, 5.74) is 2.91. The average molecular weight is 496 g/mol. The van der Waals surface area contributed by atoms with Crippen LogP contribution < -0.4 is 9.47 Å². The van der Waals surface area contributed by atoms with E-state index in [1.165, 1.54) is 6.20 Å². The fourth-order valence-electron chi connectivity index (χ4n) is 3.41. The molecule has 1 aromatic carbocycles. The van der Waals surface area contributed by atoms with Crippen LogP contribution in [-0.4, -0.2) is 34.7 Å². The van der Waals surface area contributed by atoms with Gasteiger partial charge in [-0.3, -0.25) is 4.79 Å². The van der Waals surface area contributed by atoms with Crippen molar-refractivity contribution in [3.63, 3.8) is 0 Å². The molecule has 0 aliphatic carbocycles. The van der Waals surface area contributed by atoms with Crippen LogP contribution in [-0.2, 0) is 11.3 Å². The zero-order chi connectivity index (χ0) is 23.0. The zero-order valence-electron chi connectivity index (χ0n) is 17.1. The van der Waals surface area contributed by atoms with E-state index in [0.29, 0.717) is 23.6 Å². The van der Waals surface area contributed by atoms with Crippen molar-refractivity contribution in [2.45, 2.75) is 20.4 Å². The van der Waals surface area contributed by atoms with Crippen molar-refractivity contribution in [1.29, 1.82) is 0 Å². The average Bonchev–Trinajstić information content (AvgIpc) is 3.35. The van der Waals surface area contributed by atoms with E-state index in [4.69, 9.17) is 49.0 Å². The maximum Gasteiger partial charge on any atom is 0.358 e. The van der Waals surface area contributed by atoms with E-state index in [2.05, 4.69) is 4.98 Å². The first-order valence-electron chi connectivity index (χ1n) is 9.51. The van der Waals surface area contributed by atoms with Crippen molar-refractivity contribution in [1.82, 2.24) is 9.55 Å². The minimum Gasteiger partial charge on any atom is -0.454 e. The summed E-state index contributed by atoms with van der Waals surface area (Å²) >= 11 is 17.7. The SMILES string of the molecule is Cc1cc(C(=O)COC(=O)c2ncc(Cl)c(Cl)c2Cl)c(C)n1Cc1ccc2c(c1)OCO2. The number of benzene rings is 1. The molecule has 0 saturated carbocycles. The van der Waals surface area contributed by atoms with E-state index in [0.717, 1.165) is 17.0 Å². The molecule has 32 heavy (non-hydrogen) atoms. The molecule has 1 aliphatic heterocycles. The second kappa shape index (κ2) is 9.02. The van der Waals surface area contributed by atoms with E-state index in [1.54, 1.807) is 6.07 Å². The number of esters is 1. The Balaban J connectivity index is 1.47. The highest BCUT2D eigenvalue weighted by atomic mass is 35.5. The minimum atomic E-state index is -0.865. The number of halogens is 3. The lowest BCUT2D eigenvalue weighted by Gasteiger charge is -2.11. The molecule has 2 aromatic heterocycles. The van der Waals surface area contributed by atoms with Gasteiger partial charge >= 0.3 is 5.97 Å². The Bertz CT molecular complexity index is 1240. The molecule has 0 saturated heterocycles. The van der Waals surface area contributed by atoms with Crippen LogP contribution in [0.25, 0.3) is 0 Å². The van der Waals surface area contributed by atoms with E-state index < -0.39 is 12.6 Å². The lowest BCUT2D eigenvalue weighted by Crippen LogP contribution is -2.16. The van der Waals surface area contributed by atoms with Gasteiger partial charge in [-0.25, -0.2) is 9.78 Å². The third kappa shape index (κ3) is 4.28. The summed E-state index contributed by atoms with van der Waals surface area (Å²) in [6, 6.07) is 7.49. The van der Waals surface area contributed by atoms with Crippen LogP contribution in [0, 0.1) is 13.8 Å². The van der Waals surface area contributed by atoms with Crippen LogP contribution in [0.5, 0.6) is 11.5 Å². The first-order valence-corrected chi connectivity index (χ1v) is 10.6. The molecule has 0 unspecified atom stereocenters. The van der Waals surface area contributed by atoms with Gasteiger partial charge in [0, 0.05) is 29.7 Å². The number of nitrogens with zero attached hydrogens (tertiary/aromatic N) is 2. The van der Waals surface area contributed by atoms with Gasteiger partial charge < -0.3 is 18.8 Å². The van der Waals surface area contributed by atoms with Gasteiger partial charge in [-0.05, 0) is 37.6 Å². The molecule has 4 rings (SSSR count). The summed E-state index contributed by atoms with van der Waals surface area (Å²) in [7, 11) is 0. The fourth-order valence-corrected chi connectivity index (χ4v) is 3.97. The number of aromatic nitrogens is 2. The molecule has 0 amide bonds. The number of pyridine rings is 1. The first kappa shape index (κ1) is 22.5. The molecule has 0 radical (unpaired) electrons. The summed E-state index contributed by atoms with van der Waals surface area (Å²) in [4.78, 5) is 28.9. The topological polar surface area (TPSA) is 79.7 Å². The highest BCUT2D eigenvalue weighted by molar-refractivity contribution is 6.48. The van der Waals surface area contributed by atoms with Crippen LogP contribution in [0.2, 0.25) is 15.1 Å². The van der Waals surface area contributed by atoms with Gasteiger partial charge in [-0.15, -0.1) is 0 Å². The van der Waals surface area contributed by atoms with Gasteiger partial charge in [-0.2, -0.15) is 0 Å². The molecule has 3 heterocycles. The predicted octanol–water partition coefficient (Wildman–Crippen LogP) is 5.28. The van der Waals surface area contributed by atoms with Crippen LogP contribution in [0.3, 0.4) is 0 Å². The Morgan fingerprint density at radius 2 is 1.84 bits per heavy atom. The molecule has 0 spiro atoms. The molecule has 0 N–H and O–H groups in total. The number of fused-ring (bicyclic) bond motifs is 1.